The van der Waals surface area contributed by atoms with Gasteiger partial charge in [0.25, 0.3) is 0 Å². The van der Waals surface area contributed by atoms with E-state index in [9.17, 15) is 5.11 Å². The molecule has 0 bridgehead atoms. The first-order valence-electron chi connectivity index (χ1n) is 39.2. The van der Waals surface area contributed by atoms with E-state index in [0.29, 0.717) is 0 Å². The Morgan fingerprint density at radius 3 is 1.09 bits per heavy atom. The number of H-pyrrole nitrogens is 2. The van der Waals surface area contributed by atoms with Crippen molar-refractivity contribution in [3.63, 3.8) is 0 Å². The molecule has 0 spiro atoms. The fraction of sp³-hybridized carbons (Fsp3) is 0.0467. The van der Waals surface area contributed by atoms with Gasteiger partial charge in [0.05, 0.1) is 18.3 Å². The number of hydrogen-bond acceptors (Lipinski definition) is 6. The van der Waals surface area contributed by atoms with Crippen LogP contribution < -0.4 is 4.74 Å². The summed E-state index contributed by atoms with van der Waals surface area (Å²) in [6.45, 7) is 4.30. The molecule has 0 saturated carbocycles. The fourth-order valence-electron chi connectivity index (χ4n) is 16.1. The smallest absolute Gasteiger partial charge is 0.142 e. The maximum atomic E-state index is 10.7. The van der Waals surface area contributed by atoms with E-state index < -0.39 is 0 Å². The van der Waals surface area contributed by atoms with E-state index >= 15 is 0 Å². The maximum absolute atomic E-state index is 10.7. The maximum Gasteiger partial charge on any atom is 0.142 e. The molecule has 0 aliphatic rings. The molecular weight excluding hydrogens is 1440 g/mol. The summed E-state index contributed by atoms with van der Waals surface area (Å²) in [6.07, 6.45) is 2.15. The van der Waals surface area contributed by atoms with Crippen LogP contribution in [-0.2, 0) is 14.1 Å². The van der Waals surface area contributed by atoms with Gasteiger partial charge in [-0.3, -0.25) is 0 Å². The van der Waals surface area contributed by atoms with Crippen molar-refractivity contribution in [1.29, 1.82) is 0 Å². The van der Waals surface area contributed by atoms with Crippen LogP contribution in [0.2, 0.25) is 0 Å². The number of ether oxygens (including phenoxy) is 1. The van der Waals surface area contributed by atoms with Crippen molar-refractivity contribution in [2.75, 3.05) is 7.11 Å². The van der Waals surface area contributed by atoms with Crippen LogP contribution >= 0.6 is 0 Å². The predicted octanol–water partition coefficient (Wildman–Crippen LogP) is 29.1. The molecule has 21 aromatic rings. The van der Waals surface area contributed by atoms with Crippen LogP contribution in [0.4, 0.5) is 0 Å². The second-order valence-corrected chi connectivity index (χ2v) is 29.0. The molecule has 8 heterocycles. The van der Waals surface area contributed by atoms with Crippen molar-refractivity contribution in [2.24, 2.45) is 14.1 Å². The van der Waals surface area contributed by atoms with Gasteiger partial charge in [-0.25, -0.2) is 0 Å². The van der Waals surface area contributed by atoms with Gasteiger partial charge in [0, 0.05) is 164 Å². The number of benzene rings is 13. The van der Waals surface area contributed by atoms with Crippen LogP contribution in [0.5, 0.6) is 11.5 Å². The molecule has 0 fully saturated rings. The summed E-state index contributed by atoms with van der Waals surface area (Å²) in [4.78, 5) is 7.06. The number of nitrogens with zero attached hydrogens (tertiary/aromatic N) is 2. The summed E-state index contributed by atoms with van der Waals surface area (Å²) in [5.41, 5.74) is 25.8. The van der Waals surface area contributed by atoms with E-state index in [1.165, 1.54) is 33.1 Å². The topological polar surface area (TPSA) is 123 Å². The first-order chi connectivity index (χ1) is 57.6. The number of aromatic amines is 2. The van der Waals surface area contributed by atoms with Gasteiger partial charge in [-0.15, -0.1) is 0 Å². The summed E-state index contributed by atoms with van der Waals surface area (Å²) >= 11 is 0. The second kappa shape index (κ2) is 32.4. The average Bonchev–Trinajstić information content (AvgIpc) is 1.60. The molecule has 3 N–H and O–H groups in total. The Kier molecular flexibility index (Phi) is 20.3. The quantitative estimate of drug-likeness (QED) is 0.0996. The molecule has 8 aromatic heterocycles. The molecule has 10 nitrogen and oxygen atoms in total. The molecule has 0 aliphatic heterocycles. The van der Waals surface area contributed by atoms with Gasteiger partial charge in [-0.1, -0.05) is 315 Å². The van der Waals surface area contributed by atoms with Crippen molar-refractivity contribution in [3.8, 4) is 158 Å². The van der Waals surface area contributed by atoms with E-state index in [1.54, 1.807) is 13.2 Å². The van der Waals surface area contributed by atoms with Crippen LogP contribution in [-0.4, -0.2) is 31.3 Å². The Morgan fingerprint density at radius 2 is 0.641 bits per heavy atom. The number of rotatable bonds is 14. The lowest BCUT2D eigenvalue weighted by Gasteiger charge is -2.08. The van der Waals surface area contributed by atoms with Crippen molar-refractivity contribution in [1.82, 2.24) is 19.1 Å². The van der Waals surface area contributed by atoms with E-state index in [2.05, 4.69) is 253 Å². The minimum atomic E-state index is 0.235. The number of hydrogen-bond donors (Lipinski definition) is 3. The van der Waals surface area contributed by atoms with E-state index in [0.717, 1.165) is 174 Å². The van der Waals surface area contributed by atoms with Crippen LogP contribution in [0, 0.1) is 13.8 Å². The lowest BCUT2D eigenvalue weighted by atomic mass is 9.95. The molecule has 117 heavy (non-hydrogen) atoms. The van der Waals surface area contributed by atoms with Crippen molar-refractivity contribution >= 4 is 43.6 Å². The number of fused-ring (bicyclic) bond motifs is 4. The Morgan fingerprint density at radius 1 is 0.299 bits per heavy atom. The molecule has 0 unspecified atom stereocenters. The number of aromatic hydroxyl groups is 1. The highest BCUT2D eigenvalue weighted by atomic mass is 16.5. The third-order valence-corrected chi connectivity index (χ3v) is 21.8. The van der Waals surface area contributed by atoms with Crippen molar-refractivity contribution in [3.05, 3.63) is 400 Å². The predicted molar refractivity (Wildman–Crippen MR) is 480 cm³/mol. The SMILES string of the molecule is COc1cccc2c1c(-c1cc(-c3ccccc3)oc1-c1ccccc1)cn2C.Cc1[nH]c2ccccc2c1-c1cc(-c2ccccc2)oc1-c1ccccc1.Cc1c(-c2cc(-c3ccccc3)oc2-c2ccccc2)c2ccccc2n1C.Oc1ccccc1-c1[nH]c2ccccc2c1-c1cc(-c2ccccc2)oc1-c1ccccc1. The molecule has 0 aliphatic carbocycles. The monoisotopic (exact) mass is 1520 g/mol. The van der Waals surface area contributed by atoms with Gasteiger partial charge < -0.3 is 46.6 Å². The van der Waals surface area contributed by atoms with Gasteiger partial charge >= 0.3 is 0 Å². The highest BCUT2D eigenvalue weighted by Gasteiger charge is 2.28. The van der Waals surface area contributed by atoms with Crippen LogP contribution in [0.1, 0.15) is 11.4 Å². The second-order valence-electron chi connectivity index (χ2n) is 29.0. The van der Waals surface area contributed by atoms with Crippen molar-refractivity contribution in [2.45, 2.75) is 13.8 Å². The number of phenolic OH excluding ortho intramolecular Hbond substituents is 1. The lowest BCUT2D eigenvalue weighted by Crippen LogP contribution is -1.90. The number of aromatic nitrogens is 4. The van der Waals surface area contributed by atoms with Gasteiger partial charge in [-0.05, 0) is 80.6 Å². The minimum Gasteiger partial charge on any atom is -0.507 e. The zero-order chi connectivity index (χ0) is 79.3. The van der Waals surface area contributed by atoms with Gasteiger partial charge in [-0.2, -0.15) is 0 Å². The molecule has 0 atom stereocenters. The minimum absolute atomic E-state index is 0.235. The standard InChI is InChI=1S/C30H21NO2.C26H21NO2.C26H21NO.C25H19NO/c32-26-18-10-8-16-23(26)29-28(22-15-7-9-17-25(22)31-29)24-19-27(20-11-3-1-4-12-20)33-30(24)21-13-5-2-6-14-21;1-27-17-21(25-22(27)14-9-15-23(25)28-2)20-16-24(18-10-5-3-6-11-18)29-26(20)19-12-7-4-8-13-19;1-18-25(21-15-9-10-16-23(21)27(18)2)22-17-24(19-11-5-3-6-12-19)28-26(22)20-13-7-4-8-14-20;1-17-24(20-14-8-9-15-22(20)26-17)21-16-23(18-10-4-2-5-11-18)27-25(21)19-12-6-3-7-13-19/h1-19,31-32H;3-17H,1-2H3;3-17H,1-2H3;2-16,26H,1H3. The summed E-state index contributed by atoms with van der Waals surface area (Å²) in [5.74, 6) is 8.01. The molecule has 0 radical (unpaired) electrons. The van der Waals surface area contributed by atoms with E-state index in [1.807, 2.05) is 176 Å². The average molecular weight is 1520 g/mol. The number of nitrogens with one attached hydrogen (secondary N) is 2. The molecule has 21 rings (SSSR count). The highest BCUT2D eigenvalue weighted by Crippen LogP contribution is 2.50. The normalized spacial score (nSPS) is 11.2. The molecule has 10 heteroatoms. The van der Waals surface area contributed by atoms with E-state index in [4.69, 9.17) is 22.4 Å². The number of furan rings is 4. The summed E-state index contributed by atoms with van der Waals surface area (Å²) < 4.78 is 35.9. The molecule has 566 valence electrons. The largest absolute Gasteiger partial charge is 0.507 e. The number of aryl methyl sites for hydroxylation is 3. The lowest BCUT2D eigenvalue weighted by molar-refractivity contribution is 0.420. The third kappa shape index (κ3) is 14.4. The Balaban J connectivity index is 0.000000108. The first kappa shape index (κ1) is 73.2. The molecule has 0 amide bonds. The Hall–Kier alpha value is -15.3. The zero-order valence-corrected chi connectivity index (χ0v) is 65.3. The molecular formula is C107H82N4O6. The fourth-order valence-corrected chi connectivity index (χ4v) is 16.1. The number of phenols is 1. The third-order valence-electron chi connectivity index (χ3n) is 21.8. The van der Waals surface area contributed by atoms with Crippen LogP contribution in [0.15, 0.2) is 406 Å². The van der Waals surface area contributed by atoms with E-state index in [-0.39, 0.29) is 5.75 Å². The molecule has 13 aromatic carbocycles. The number of para-hydroxylation sites is 4. The summed E-state index contributed by atoms with van der Waals surface area (Å²) in [7, 11) is 5.90. The highest BCUT2D eigenvalue weighted by molar-refractivity contribution is 6.09. The van der Waals surface area contributed by atoms with Crippen LogP contribution in [0.3, 0.4) is 0 Å². The van der Waals surface area contributed by atoms with Gasteiger partial charge in [0.15, 0.2) is 0 Å². The Labute approximate surface area is 678 Å². The zero-order valence-electron chi connectivity index (χ0n) is 65.3. The first-order valence-corrected chi connectivity index (χ1v) is 39.2. The summed E-state index contributed by atoms with van der Waals surface area (Å²) in [5, 5.41) is 15.3. The number of methoxy groups -OCH3 is 1. The Bertz CT molecular complexity index is 7000. The summed E-state index contributed by atoms with van der Waals surface area (Å²) in [6, 6.07) is 129. The van der Waals surface area contributed by atoms with Crippen LogP contribution in [0.25, 0.3) is 190 Å². The van der Waals surface area contributed by atoms with Crippen molar-refractivity contribution < 1.29 is 27.5 Å². The van der Waals surface area contributed by atoms with Gasteiger partial charge in [0.2, 0.25) is 0 Å². The molecule has 0 saturated heterocycles. The van der Waals surface area contributed by atoms with Gasteiger partial charge in [0.1, 0.15) is 57.6 Å².